The fraction of sp³-hybridized carbons (Fsp3) is 0.321. The first-order valence-corrected chi connectivity index (χ1v) is 14.0. The van der Waals surface area contributed by atoms with Crippen molar-refractivity contribution in [1.29, 1.82) is 0 Å². The molecule has 0 saturated heterocycles. The van der Waals surface area contributed by atoms with Crippen LogP contribution in [0.3, 0.4) is 0 Å². The van der Waals surface area contributed by atoms with Crippen molar-refractivity contribution in [3.8, 4) is 0 Å². The second-order valence-electron chi connectivity index (χ2n) is 8.31. The summed E-state index contributed by atoms with van der Waals surface area (Å²) in [6.45, 7) is 1.04. The van der Waals surface area contributed by atoms with E-state index in [1.54, 1.807) is 36.4 Å². The molecule has 3 rings (SSSR count). The Morgan fingerprint density at radius 3 is 1.95 bits per heavy atom. The van der Waals surface area contributed by atoms with Crippen LogP contribution in [0, 0.1) is 0 Å². The van der Waals surface area contributed by atoms with Crippen molar-refractivity contribution < 1.29 is 49.5 Å². The summed E-state index contributed by atoms with van der Waals surface area (Å²) in [7, 11) is -3.81. The first kappa shape index (κ1) is 32.0. The predicted octanol–water partition coefficient (Wildman–Crippen LogP) is 5.06. The summed E-state index contributed by atoms with van der Waals surface area (Å²) in [5, 5.41) is 2.83. The van der Waals surface area contributed by atoms with Gasteiger partial charge in [0.2, 0.25) is 0 Å². The summed E-state index contributed by atoms with van der Waals surface area (Å²) >= 11 is 0. The zero-order valence-corrected chi connectivity index (χ0v) is 22.8. The number of benzene rings is 3. The van der Waals surface area contributed by atoms with Gasteiger partial charge in [0.15, 0.2) is 0 Å². The Kier molecular flexibility index (Phi) is 12.6. The number of rotatable bonds is 17. The standard InChI is InChI=1S/C28H30F3NO8S/c29-28(30,31)22-7-6-8-23(21-22)32-26-12-5-4-11-25(26)27(33)39-19-17-37-15-13-36-14-16-38-18-20-40-41(34,35)24-9-2-1-3-10-24/h1-12,21,32H,13-20H2. The topological polar surface area (TPSA) is 109 Å². The van der Waals surface area contributed by atoms with Gasteiger partial charge in [0, 0.05) is 5.69 Å². The lowest BCUT2D eigenvalue weighted by atomic mass is 10.1. The van der Waals surface area contributed by atoms with Crippen LogP contribution in [0.5, 0.6) is 0 Å². The Morgan fingerprint density at radius 1 is 0.707 bits per heavy atom. The summed E-state index contributed by atoms with van der Waals surface area (Å²) in [5.74, 6) is -0.655. The van der Waals surface area contributed by atoms with Crippen molar-refractivity contribution in [1.82, 2.24) is 0 Å². The van der Waals surface area contributed by atoms with E-state index in [-0.39, 0.29) is 69.0 Å². The van der Waals surface area contributed by atoms with Crippen molar-refractivity contribution in [2.75, 3.05) is 58.2 Å². The van der Waals surface area contributed by atoms with Crippen LogP contribution in [0.25, 0.3) is 0 Å². The minimum Gasteiger partial charge on any atom is -0.460 e. The van der Waals surface area contributed by atoms with Gasteiger partial charge in [-0.15, -0.1) is 0 Å². The van der Waals surface area contributed by atoms with Crippen molar-refractivity contribution >= 4 is 27.5 Å². The fourth-order valence-corrected chi connectivity index (χ4v) is 4.28. The highest BCUT2D eigenvalue weighted by molar-refractivity contribution is 7.86. The number of hydrogen-bond donors (Lipinski definition) is 1. The molecule has 222 valence electrons. The maximum Gasteiger partial charge on any atom is 0.416 e. The van der Waals surface area contributed by atoms with Crippen molar-refractivity contribution in [2.45, 2.75) is 11.1 Å². The summed E-state index contributed by atoms with van der Waals surface area (Å²) in [6, 6.07) is 18.8. The van der Waals surface area contributed by atoms with Gasteiger partial charge in [0.1, 0.15) is 6.61 Å². The predicted molar refractivity (Wildman–Crippen MR) is 143 cm³/mol. The van der Waals surface area contributed by atoms with E-state index in [1.807, 2.05) is 0 Å². The van der Waals surface area contributed by atoms with Crippen molar-refractivity contribution in [3.05, 3.63) is 90.0 Å². The van der Waals surface area contributed by atoms with E-state index >= 15 is 0 Å². The SMILES string of the molecule is O=C(OCCOCCOCCOCCOS(=O)(=O)c1ccccc1)c1ccccc1Nc1cccc(C(F)(F)F)c1. The molecule has 0 unspecified atom stereocenters. The summed E-state index contributed by atoms with van der Waals surface area (Å²) in [6.07, 6.45) is -4.49. The molecule has 0 radical (unpaired) electrons. The second kappa shape index (κ2) is 16.1. The second-order valence-corrected chi connectivity index (χ2v) is 9.93. The molecule has 3 aromatic rings. The average Bonchev–Trinajstić information content (AvgIpc) is 2.96. The van der Waals surface area contributed by atoms with E-state index in [9.17, 15) is 26.4 Å². The van der Waals surface area contributed by atoms with Gasteiger partial charge >= 0.3 is 12.1 Å². The molecule has 0 fully saturated rings. The molecule has 0 aliphatic rings. The molecule has 0 atom stereocenters. The van der Waals surface area contributed by atoms with Crippen LogP contribution >= 0.6 is 0 Å². The van der Waals surface area contributed by atoms with E-state index in [4.69, 9.17) is 23.1 Å². The number of ether oxygens (including phenoxy) is 4. The first-order chi connectivity index (χ1) is 19.7. The molecule has 0 spiro atoms. The average molecular weight is 598 g/mol. The highest BCUT2D eigenvalue weighted by Gasteiger charge is 2.30. The minimum atomic E-state index is -4.49. The Bertz CT molecular complexity index is 1340. The van der Waals surface area contributed by atoms with E-state index in [0.29, 0.717) is 5.69 Å². The van der Waals surface area contributed by atoms with Crippen LogP contribution in [0.4, 0.5) is 24.5 Å². The number of carbonyl (C=O) groups excluding carboxylic acids is 1. The summed E-state index contributed by atoms with van der Waals surface area (Å²) in [5.41, 5.74) is -0.162. The molecule has 41 heavy (non-hydrogen) atoms. The van der Waals surface area contributed by atoms with E-state index in [0.717, 1.165) is 12.1 Å². The molecule has 0 amide bonds. The van der Waals surface area contributed by atoms with Gasteiger partial charge in [-0.3, -0.25) is 4.18 Å². The fourth-order valence-electron chi connectivity index (χ4n) is 3.37. The van der Waals surface area contributed by atoms with Gasteiger partial charge in [-0.05, 0) is 42.5 Å². The van der Waals surface area contributed by atoms with E-state index in [1.165, 1.54) is 30.3 Å². The number of para-hydroxylation sites is 1. The van der Waals surface area contributed by atoms with E-state index in [2.05, 4.69) is 5.32 Å². The monoisotopic (exact) mass is 597 g/mol. The Hall–Kier alpha value is -3.49. The zero-order chi connectivity index (χ0) is 29.6. The normalized spacial score (nSPS) is 11.8. The highest BCUT2D eigenvalue weighted by atomic mass is 32.2. The molecule has 0 saturated carbocycles. The third-order valence-electron chi connectivity index (χ3n) is 5.32. The molecule has 0 aromatic heterocycles. The maximum atomic E-state index is 13.0. The molecule has 0 aliphatic carbocycles. The lowest BCUT2D eigenvalue weighted by Gasteiger charge is -2.13. The molecular weight excluding hydrogens is 567 g/mol. The Morgan fingerprint density at radius 2 is 1.29 bits per heavy atom. The van der Waals surface area contributed by atoms with Crippen molar-refractivity contribution in [3.63, 3.8) is 0 Å². The van der Waals surface area contributed by atoms with E-state index < -0.39 is 27.8 Å². The van der Waals surface area contributed by atoms with Crippen LogP contribution in [-0.2, 0) is 39.4 Å². The number of nitrogens with one attached hydrogen (secondary N) is 1. The van der Waals surface area contributed by atoms with Crippen LogP contribution in [0.15, 0.2) is 83.8 Å². The third kappa shape index (κ3) is 11.1. The highest BCUT2D eigenvalue weighted by Crippen LogP contribution is 2.32. The number of anilines is 2. The van der Waals surface area contributed by atoms with Crippen molar-refractivity contribution in [2.24, 2.45) is 0 Å². The van der Waals surface area contributed by atoms with Crippen LogP contribution in [0.1, 0.15) is 15.9 Å². The Balaban J connectivity index is 1.25. The largest absolute Gasteiger partial charge is 0.460 e. The molecule has 0 aliphatic heterocycles. The molecule has 9 nitrogen and oxygen atoms in total. The van der Waals surface area contributed by atoms with Gasteiger partial charge in [0.05, 0.1) is 68.0 Å². The zero-order valence-electron chi connectivity index (χ0n) is 22.0. The molecular formula is C28H30F3NO8S. The maximum absolute atomic E-state index is 13.0. The lowest BCUT2D eigenvalue weighted by Crippen LogP contribution is -2.16. The summed E-state index contributed by atoms with van der Waals surface area (Å²) in [4.78, 5) is 12.6. The number of hydrogen-bond acceptors (Lipinski definition) is 9. The van der Waals surface area contributed by atoms with Gasteiger partial charge < -0.3 is 24.3 Å². The first-order valence-electron chi connectivity index (χ1n) is 12.5. The quantitative estimate of drug-likeness (QED) is 0.130. The summed E-state index contributed by atoms with van der Waals surface area (Å²) < 4.78 is 89.0. The van der Waals surface area contributed by atoms with Gasteiger partial charge in [-0.25, -0.2) is 4.79 Å². The van der Waals surface area contributed by atoms with Crippen LogP contribution < -0.4 is 5.32 Å². The number of carbonyl (C=O) groups is 1. The van der Waals surface area contributed by atoms with Gasteiger partial charge in [-0.1, -0.05) is 36.4 Å². The lowest BCUT2D eigenvalue weighted by molar-refractivity contribution is -0.137. The van der Waals surface area contributed by atoms with Gasteiger partial charge in [0.25, 0.3) is 10.1 Å². The third-order valence-corrected chi connectivity index (χ3v) is 6.65. The minimum absolute atomic E-state index is 0.0360. The number of alkyl halides is 3. The van der Waals surface area contributed by atoms with Gasteiger partial charge in [-0.2, -0.15) is 21.6 Å². The molecule has 0 bridgehead atoms. The number of esters is 1. The molecule has 13 heteroatoms. The van der Waals surface area contributed by atoms with Crippen LogP contribution in [-0.4, -0.2) is 67.2 Å². The van der Waals surface area contributed by atoms with Crippen LogP contribution in [0.2, 0.25) is 0 Å². The molecule has 0 heterocycles. The number of halogens is 3. The smallest absolute Gasteiger partial charge is 0.416 e. The Labute approximate surface area is 236 Å². The molecule has 3 aromatic carbocycles. The molecule has 1 N–H and O–H groups in total.